The van der Waals surface area contributed by atoms with E-state index in [9.17, 15) is 9.59 Å². The molecular weight excluding hydrogens is 308 g/mol. The van der Waals surface area contributed by atoms with Gasteiger partial charge in [-0.2, -0.15) is 0 Å². The Bertz CT molecular complexity index is 698. The molecule has 2 aromatic carbocycles. The van der Waals surface area contributed by atoms with E-state index in [4.69, 9.17) is 9.47 Å². The van der Waals surface area contributed by atoms with Crippen LogP contribution in [0.25, 0.3) is 0 Å². The Labute approximate surface area is 140 Å². The van der Waals surface area contributed by atoms with Crippen LogP contribution in [-0.4, -0.2) is 32.1 Å². The van der Waals surface area contributed by atoms with Gasteiger partial charge >= 0.3 is 0 Å². The minimum atomic E-state index is -0.238. The number of nitrogens with one attached hydrogen (secondary N) is 2. The van der Waals surface area contributed by atoms with Crippen LogP contribution in [0.3, 0.4) is 0 Å². The summed E-state index contributed by atoms with van der Waals surface area (Å²) >= 11 is 0. The zero-order valence-corrected chi connectivity index (χ0v) is 13.7. The quantitative estimate of drug-likeness (QED) is 0.766. The van der Waals surface area contributed by atoms with Gasteiger partial charge < -0.3 is 20.1 Å². The minimum absolute atomic E-state index is 0.164. The highest BCUT2D eigenvalue weighted by Crippen LogP contribution is 2.17. The first-order chi connectivity index (χ1) is 11.6. The topological polar surface area (TPSA) is 76.7 Å². The van der Waals surface area contributed by atoms with Crippen LogP contribution in [0.15, 0.2) is 48.5 Å². The third-order valence-electron chi connectivity index (χ3n) is 3.11. The molecule has 2 rings (SSSR count). The van der Waals surface area contributed by atoms with Crippen LogP contribution in [0, 0.1) is 0 Å². The highest BCUT2D eigenvalue weighted by Gasteiger charge is 2.07. The van der Waals surface area contributed by atoms with Crippen LogP contribution in [0.1, 0.15) is 17.3 Å². The second-order valence-corrected chi connectivity index (χ2v) is 5.08. The second-order valence-electron chi connectivity index (χ2n) is 5.08. The fraction of sp³-hybridized carbons (Fsp3) is 0.222. The molecular formula is C18H20N2O4. The molecule has 0 aliphatic heterocycles. The van der Waals surface area contributed by atoms with Gasteiger partial charge in [-0.05, 0) is 42.5 Å². The molecule has 0 unspecified atom stereocenters. The van der Waals surface area contributed by atoms with E-state index in [1.807, 2.05) is 0 Å². The van der Waals surface area contributed by atoms with E-state index in [0.717, 1.165) is 0 Å². The van der Waals surface area contributed by atoms with Gasteiger partial charge in [-0.25, -0.2) is 0 Å². The number of anilines is 2. The van der Waals surface area contributed by atoms with Gasteiger partial charge in [0.2, 0.25) is 5.91 Å². The number of carbonyl (C=O) groups excluding carboxylic acids is 2. The Morgan fingerprint density at radius 1 is 0.958 bits per heavy atom. The zero-order valence-electron chi connectivity index (χ0n) is 13.7. The number of amides is 2. The smallest absolute Gasteiger partial charge is 0.255 e. The number of ether oxygens (including phenoxy) is 2. The van der Waals surface area contributed by atoms with Gasteiger partial charge in [-0.1, -0.05) is 6.07 Å². The van der Waals surface area contributed by atoms with Crippen LogP contribution in [0.4, 0.5) is 11.4 Å². The minimum Gasteiger partial charge on any atom is -0.491 e. The maximum Gasteiger partial charge on any atom is 0.255 e. The Hall–Kier alpha value is -2.86. The molecule has 0 aliphatic carbocycles. The van der Waals surface area contributed by atoms with Gasteiger partial charge in [-0.3, -0.25) is 9.59 Å². The van der Waals surface area contributed by atoms with Gasteiger partial charge in [-0.15, -0.1) is 0 Å². The maximum absolute atomic E-state index is 12.3. The van der Waals surface area contributed by atoms with E-state index in [2.05, 4.69) is 10.6 Å². The van der Waals surface area contributed by atoms with E-state index in [-0.39, 0.29) is 11.8 Å². The first-order valence-electron chi connectivity index (χ1n) is 7.49. The SMILES string of the molecule is COCCOc1ccc(C(=O)Nc2cccc(NC(C)=O)c2)cc1. The van der Waals surface area contributed by atoms with E-state index in [0.29, 0.717) is 35.9 Å². The predicted octanol–water partition coefficient (Wildman–Crippen LogP) is 2.92. The average molecular weight is 328 g/mol. The van der Waals surface area contributed by atoms with E-state index in [1.54, 1.807) is 55.6 Å². The third-order valence-corrected chi connectivity index (χ3v) is 3.11. The highest BCUT2D eigenvalue weighted by molar-refractivity contribution is 6.04. The highest BCUT2D eigenvalue weighted by atomic mass is 16.5. The lowest BCUT2D eigenvalue weighted by Crippen LogP contribution is -2.12. The summed E-state index contributed by atoms with van der Waals surface area (Å²) in [5, 5.41) is 5.47. The van der Waals surface area contributed by atoms with E-state index < -0.39 is 0 Å². The largest absolute Gasteiger partial charge is 0.491 e. The molecule has 2 N–H and O–H groups in total. The van der Waals surface area contributed by atoms with Gasteiger partial charge in [0.15, 0.2) is 0 Å². The lowest BCUT2D eigenvalue weighted by atomic mass is 10.2. The molecule has 0 aromatic heterocycles. The molecule has 0 spiro atoms. The van der Waals surface area contributed by atoms with Crippen molar-refractivity contribution in [1.29, 1.82) is 0 Å². The molecule has 2 aromatic rings. The summed E-state index contributed by atoms with van der Waals surface area (Å²) in [6.45, 7) is 2.40. The molecule has 126 valence electrons. The molecule has 0 saturated heterocycles. The summed E-state index contributed by atoms with van der Waals surface area (Å²) < 4.78 is 10.4. The number of hydrogen-bond donors (Lipinski definition) is 2. The molecule has 0 heterocycles. The monoisotopic (exact) mass is 328 g/mol. The van der Waals surface area contributed by atoms with Crippen molar-refractivity contribution in [3.05, 3.63) is 54.1 Å². The van der Waals surface area contributed by atoms with Crippen molar-refractivity contribution < 1.29 is 19.1 Å². The van der Waals surface area contributed by atoms with Gasteiger partial charge in [0.05, 0.1) is 6.61 Å². The summed E-state index contributed by atoms with van der Waals surface area (Å²) in [6.07, 6.45) is 0. The van der Waals surface area contributed by atoms with Gasteiger partial charge in [0.25, 0.3) is 5.91 Å². The Kier molecular flexibility index (Phi) is 6.33. The lowest BCUT2D eigenvalue weighted by Gasteiger charge is -2.09. The summed E-state index contributed by atoms with van der Waals surface area (Å²) in [4.78, 5) is 23.3. The summed E-state index contributed by atoms with van der Waals surface area (Å²) in [5.41, 5.74) is 1.74. The Morgan fingerprint density at radius 2 is 1.62 bits per heavy atom. The van der Waals surface area contributed by atoms with Crippen molar-refractivity contribution in [3.63, 3.8) is 0 Å². The summed E-state index contributed by atoms with van der Waals surface area (Å²) in [5.74, 6) is 0.275. The number of hydrogen-bond acceptors (Lipinski definition) is 4. The van der Waals surface area contributed by atoms with Crippen molar-refractivity contribution >= 4 is 23.2 Å². The number of carbonyl (C=O) groups is 2. The van der Waals surface area contributed by atoms with Crippen molar-refractivity contribution in [2.45, 2.75) is 6.92 Å². The van der Waals surface area contributed by atoms with Crippen molar-refractivity contribution in [2.75, 3.05) is 31.0 Å². The summed E-state index contributed by atoms with van der Waals surface area (Å²) in [7, 11) is 1.61. The van der Waals surface area contributed by atoms with E-state index >= 15 is 0 Å². The Morgan fingerprint density at radius 3 is 2.25 bits per heavy atom. The van der Waals surface area contributed by atoms with Crippen LogP contribution in [0.5, 0.6) is 5.75 Å². The number of benzene rings is 2. The molecule has 0 fully saturated rings. The average Bonchev–Trinajstić information content (AvgIpc) is 2.55. The van der Waals surface area contributed by atoms with Crippen LogP contribution in [-0.2, 0) is 9.53 Å². The first kappa shape index (κ1) is 17.5. The zero-order chi connectivity index (χ0) is 17.4. The van der Waals surface area contributed by atoms with Crippen LogP contribution >= 0.6 is 0 Å². The van der Waals surface area contributed by atoms with Crippen LogP contribution in [0.2, 0.25) is 0 Å². The lowest BCUT2D eigenvalue weighted by molar-refractivity contribution is -0.114. The molecule has 0 bridgehead atoms. The molecule has 6 heteroatoms. The standard InChI is InChI=1S/C18H20N2O4/c1-13(21)19-15-4-3-5-16(12-15)20-18(22)14-6-8-17(9-7-14)24-11-10-23-2/h3-9,12H,10-11H2,1-2H3,(H,19,21)(H,20,22). The summed E-state index contributed by atoms with van der Waals surface area (Å²) in [6, 6.07) is 13.8. The van der Waals surface area contributed by atoms with Crippen LogP contribution < -0.4 is 15.4 Å². The van der Waals surface area contributed by atoms with Crippen molar-refractivity contribution in [1.82, 2.24) is 0 Å². The number of rotatable bonds is 7. The van der Waals surface area contributed by atoms with Gasteiger partial charge in [0, 0.05) is 31.0 Å². The fourth-order valence-corrected chi connectivity index (χ4v) is 2.03. The molecule has 0 atom stereocenters. The van der Waals surface area contributed by atoms with Crippen molar-refractivity contribution in [2.24, 2.45) is 0 Å². The third kappa shape index (κ3) is 5.40. The first-order valence-corrected chi connectivity index (χ1v) is 7.49. The normalized spacial score (nSPS) is 10.1. The van der Waals surface area contributed by atoms with Gasteiger partial charge in [0.1, 0.15) is 12.4 Å². The maximum atomic E-state index is 12.3. The van der Waals surface area contributed by atoms with E-state index in [1.165, 1.54) is 6.92 Å². The molecule has 2 amide bonds. The molecule has 6 nitrogen and oxygen atoms in total. The molecule has 24 heavy (non-hydrogen) atoms. The number of methoxy groups -OCH3 is 1. The molecule has 0 radical (unpaired) electrons. The molecule has 0 saturated carbocycles. The predicted molar refractivity (Wildman–Crippen MR) is 92.5 cm³/mol. The fourth-order valence-electron chi connectivity index (χ4n) is 2.03. The second kappa shape index (κ2) is 8.69. The molecule has 0 aliphatic rings. The van der Waals surface area contributed by atoms with Crippen molar-refractivity contribution in [3.8, 4) is 5.75 Å². The Balaban J connectivity index is 1.98.